The molecule has 28 heavy (non-hydrogen) atoms. The van der Waals surface area contributed by atoms with Gasteiger partial charge in [0.05, 0.1) is 5.69 Å². The number of amides is 1. The first-order chi connectivity index (χ1) is 13.7. The highest BCUT2D eigenvalue weighted by atomic mass is 32.1. The summed E-state index contributed by atoms with van der Waals surface area (Å²) in [5.74, 6) is 0.723. The monoisotopic (exact) mass is 392 g/mol. The molecule has 7 nitrogen and oxygen atoms in total. The Bertz CT molecular complexity index is 1060. The SMILES string of the molecule is Cc1ccc(-c2csc(NC(=O)COc3ccc(-c4nnco4)cc3)n2)cc1. The van der Waals surface area contributed by atoms with Crippen LogP contribution in [0.3, 0.4) is 0 Å². The Kier molecular flexibility index (Phi) is 5.11. The first-order valence-corrected chi connectivity index (χ1v) is 9.37. The number of hydrogen-bond acceptors (Lipinski definition) is 7. The summed E-state index contributed by atoms with van der Waals surface area (Å²) in [7, 11) is 0. The van der Waals surface area contributed by atoms with Gasteiger partial charge in [-0.2, -0.15) is 0 Å². The number of thiazole rings is 1. The third kappa shape index (κ3) is 4.24. The number of aromatic nitrogens is 3. The number of nitrogens with zero attached hydrogens (tertiary/aromatic N) is 3. The van der Waals surface area contributed by atoms with Crippen molar-refractivity contribution in [3.05, 3.63) is 65.9 Å². The molecular formula is C20H16N4O3S. The Hall–Kier alpha value is -3.52. The van der Waals surface area contributed by atoms with Crippen molar-refractivity contribution in [2.75, 3.05) is 11.9 Å². The van der Waals surface area contributed by atoms with Gasteiger partial charge in [-0.25, -0.2) is 4.98 Å². The van der Waals surface area contributed by atoms with Crippen LogP contribution in [0, 0.1) is 6.92 Å². The Labute approximate surface area is 165 Å². The van der Waals surface area contributed by atoms with E-state index in [0.29, 0.717) is 16.8 Å². The quantitative estimate of drug-likeness (QED) is 0.529. The second kappa shape index (κ2) is 8.01. The van der Waals surface area contributed by atoms with Gasteiger partial charge in [-0.15, -0.1) is 21.5 Å². The molecule has 1 amide bonds. The summed E-state index contributed by atoms with van der Waals surface area (Å²) in [5.41, 5.74) is 3.81. The van der Waals surface area contributed by atoms with Crippen molar-refractivity contribution in [3.8, 4) is 28.5 Å². The Morgan fingerprint density at radius 1 is 1.11 bits per heavy atom. The van der Waals surface area contributed by atoms with Crippen molar-refractivity contribution >= 4 is 22.4 Å². The van der Waals surface area contributed by atoms with Crippen LogP contribution in [0.25, 0.3) is 22.7 Å². The molecule has 2 aromatic heterocycles. The molecule has 0 fully saturated rings. The van der Waals surface area contributed by atoms with E-state index in [9.17, 15) is 4.79 Å². The summed E-state index contributed by atoms with van der Waals surface area (Å²) in [4.78, 5) is 16.6. The smallest absolute Gasteiger partial charge is 0.264 e. The van der Waals surface area contributed by atoms with Crippen LogP contribution in [0.4, 0.5) is 5.13 Å². The molecule has 140 valence electrons. The topological polar surface area (TPSA) is 90.1 Å². The molecular weight excluding hydrogens is 376 g/mol. The second-order valence-electron chi connectivity index (χ2n) is 6.01. The summed E-state index contributed by atoms with van der Waals surface area (Å²) < 4.78 is 10.6. The molecule has 4 rings (SSSR count). The summed E-state index contributed by atoms with van der Waals surface area (Å²) in [5, 5.41) is 12.7. The molecule has 0 saturated carbocycles. The van der Waals surface area contributed by atoms with E-state index in [2.05, 4.69) is 20.5 Å². The molecule has 0 spiro atoms. The standard InChI is InChI=1S/C20H16N4O3S/c1-13-2-4-14(5-3-13)17-11-28-20(22-17)23-18(25)10-26-16-8-6-15(7-9-16)19-24-21-12-27-19/h2-9,11-12H,10H2,1H3,(H,22,23,25). The zero-order valence-corrected chi connectivity index (χ0v) is 15.8. The van der Waals surface area contributed by atoms with E-state index in [1.807, 2.05) is 36.6 Å². The van der Waals surface area contributed by atoms with Gasteiger partial charge in [-0.05, 0) is 31.2 Å². The largest absolute Gasteiger partial charge is 0.484 e. The Morgan fingerprint density at radius 2 is 1.86 bits per heavy atom. The summed E-state index contributed by atoms with van der Waals surface area (Å²) in [6.07, 6.45) is 1.27. The molecule has 0 aliphatic rings. The van der Waals surface area contributed by atoms with Gasteiger partial charge < -0.3 is 9.15 Å². The van der Waals surface area contributed by atoms with Crippen LogP contribution >= 0.6 is 11.3 Å². The predicted octanol–water partition coefficient (Wildman–Crippen LogP) is 4.19. The summed E-state index contributed by atoms with van der Waals surface area (Å²) in [6.45, 7) is 1.93. The first-order valence-electron chi connectivity index (χ1n) is 8.49. The van der Waals surface area contributed by atoms with E-state index in [4.69, 9.17) is 9.15 Å². The normalized spacial score (nSPS) is 10.6. The maximum absolute atomic E-state index is 12.1. The molecule has 2 aromatic carbocycles. The minimum absolute atomic E-state index is 0.112. The van der Waals surface area contributed by atoms with Crippen LogP contribution in [0.5, 0.6) is 5.75 Å². The maximum atomic E-state index is 12.1. The third-order valence-electron chi connectivity index (χ3n) is 3.93. The van der Waals surface area contributed by atoms with Crippen molar-refractivity contribution in [2.45, 2.75) is 6.92 Å². The lowest BCUT2D eigenvalue weighted by Crippen LogP contribution is -2.20. The van der Waals surface area contributed by atoms with Gasteiger partial charge in [0.25, 0.3) is 5.91 Å². The fourth-order valence-corrected chi connectivity index (χ4v) is 3.22. The zero-order valence-electron chi connectivity index (χ0n) is 15.0. The molecule has 0 aliphatic carbocycles. The van der Waals surface area contributed by atoms with E-state index >= 15 is 0 Å². The molecule has 0 bridgehead atoms. The van der Waals surface area contributed by atoms with Crippen LogP contribution in [0.1, 0.15) is 5.56 Å². The van der Waals surface area contributed by atoms with Crippen molar-refractivity contribution < 1.29 is 13.9 Å². The highest BCUT2D eigenvalue weighted by Gasteiger charge is 2.09. The van der Waals surface area contributed by atoms with E-state index in [0.717, 1.165) is 16.8 Å². The van der Waals surface area contributed by atoms with E-state index < -0.39 is 0 Å². The molecule has 0 aliphatic heterocycles. The first kappa shape index (κ1) is 17.9. The van der Waals surface area contributed by atoms with Gasteiger partial charge in [0.15, 0.2) is 11.7 Å². The van der Waals surface area contributed by atoms with Crippen molar-refractivity contribution in [1.29, 1.82) is 0 Å². The van der Waals surface area contributed by atoms with E-state index in [1.54, 1.807) is 24.3 Å². The average Bonchev–Trinajstić information content (AvgIpc) is 3.40. The van der Waals surface area contributed by atoms with Crippen LogP contribution in [-0.2, 0) is 4.79 Å². The predicted molar refractivity (Wildman–Crippen MR) is 106 cm³/mol. The molecule has 1 N–H and O–H groups in total. The summed E-state index contributed by atoms with van der Waals surface area (Å²) in [6, 6.07) is 15.1. The highest BCUT2D eigenvalue weighted by molar-refractivity contribution is 7.14. The maximum Gasteiger partial charge on any atom is 0.264 e. The molecule has 8 heteroatoms. The second-order valence-corrected chi connectivity index (χ2v) is 6.87. The minimum Gasteiger partial charge on any atom is -0.484 e. The van der Waals surface area contributed by atoms with Gasteiger partial charge in [-0.1, -0.05) is 29.8 Å². The lowest BCUT2D eigenvalue weighted by atomic mass is 10.1. The van der Waals surface area contributed by atoms with Crippen molar-refractivity contribution in [1.82, 2.24) is 15.2 Å². The van der Waals surface area contributed by atoms with Gasteiger partial charge in [-0.3, -0.25) is 10.1 Å². The molecule has 0 saturated heterocycles. The average molecular weight is 392 g/mol. The highest BCUT2D eigenvalue weighted by Crippen LogP contribution is 2.25. The lowest BCUT2D eigenvalue weighted by Gasteiger charge is -2.06. The number of aryl methyl sites for hydroxylation is 1. The van der Waals surface area contributed by atoms with Crippen LogP contribution in [0.15, 0.2) is 64.7 Å². The summed E-state index contributed by atoms with van der Waals surface area (Å²) >= 11 is 1.38. The van der Waals surface area contributed by atoms with E-state index in [1.165, 1.54) is 23.3 Å². The molecule has 2 heterocycles. The number of carbonyl (C=O) groups is 1. The number of hydrogen-bond donors (Lipinski definition) is 1. The molecule has 0 atom stereocenters. The van der Waals surface area contributed by atoms with Gasteiger partial charge >= 0.3 is 0 Å². The molecule has 0 unspecified atom stereocenters. The van der Waals surface area contributed by atoms with Gasteiger partial charge in [0.2, 0.25) is 12.3 Å². The van der Waals surface area contributed by atoms with Crippen molar-refractivity contribution in [2.24, 2.45) is 0 Å². The number of carbonyl (C=O) groups excluding carboxylic acids is 1. The number of ether oxygens (including phenoxy) is 1. The number of anilines is 1. The number of rotatable bonds is 6. The molecule has 4 aromatic rings. The Balaban J connectivity index is 1.32. The van der Waals surface area contributed by atoms with Gasteiger partial charge in [0, 0.05) is 16.5 Å². The van der Waals surface area contributed by atoms with Gasteiger partial charge in [0.1, 0.15) is 5.75 Å². The number of nitrogens with one attached hydrogen (secondary N) is 1. The fraction of sp³-hybridized carbons (Fsp3) is 0.100. The van der Waals surface area contributed by atoms with Crippen LogP contribution in [0.2, 0.25) is 0 Å². The fourth-order valence-electron chi connectivity index (χ4n) is 2.48. The van der Waals surface area contributed by atoms with Crippen molar-refractivity contribution in [3.63, 3.8) is 0 Å². The van der Waals surface area contributed by atoms with E-state index in [-0.39, 0.29) is 12.5 Å². The van der Waals surface area contributed by atoms with Crippen LogP contribution in [-0.4, -0.2) is 27.7 Å². The zero-order chi connectivity index (χ0) is 19.3. The Morgan fingerprint density at radius 3 is 2.57 bits per heavy atom. The lowest BCUT2D eigenvalue weighted by molar-refractivity contribution is -0.118. The number of benzene rings is 2. The minimum atomic E-state index is -0.272. The third-order valence-corrected chi connectivity index (χ3v) is 4.69. The molecule has 0 radical (unpaired) electrons. The van der Waals surface area contributed by atoms with Crippen LogP contribution < -0.4 is 10.1 Å².